The molecule has 0 radical (unpaired) electrons. The van der Waals surface area contributed by atoms with E-state index in [4.69, 9.17) is 9.84 Å². The number of hydrogen-bond donors (Lipinski definition) is 1. The number of alkyl halides is 3. The highest BCUT2D eigenvalue weighted by molar-refractivity contribution is 5.28. The number of rotatable bonds is 2. The highest BCUT2D eigenvalue weighted by atomic mass is 19.4. The minimum Gasteiger partial charge on any atom is -0.394 e. The van der Waals surface area contributed by atoms with Gasteiger partial charge in [0, 0.05) is 0 Å². The van der Waals surface area contributed by atoms with Gasteiger partial charge >= 0.3 is 6.18 Å². The predicted molar refractivity (Wildman–Crippen MR) is 46.1 cm³/mol. The molecule has 0 saturated carbocycles. The van der Waals surface area contributed by atoms with Crippen molar-refractivity contribution in [3.05, 3.63) is 35.4 Å². The summed E-state index contributed by atoms with van der Waals surface area (Å²) in [6.07, 6.45) is -4.82. The average molecular weight is 218 g/mol. The van der Waals surface area contributed by atoms with Crippen molar-refractivity contribution in [2.45, 2.75) is 18.4 Å². The van der Waals surface area contributed by atoms with Crippen LogP contribution in [0.25, 0.3) is 0 Å². The maximum Gasteiger partial charge on any atom is 0.416 e. The van der Waals surface area contributed by atoms with Crippen LogP contribution >= 0.6 is 0 Å². The third-order valence-corrected chi connectivity index (χ3v) is 2.33. The quantitative estimate of drug-likeness (QED) is 0.771. The van der Waals surface area contributed by atoms with Crippen LogP contribution in [-0.2, 0) is 10.9 Å². The van der Waals surface area contributed by atoms with Gasteiger partial charge in [0.25, 0.3) is 0 Å². The molecule has 2 nitrogen and oxygen atoms in total. The van der Waals surface area contributed by atoms with Crippen LogP contribution in [0.5, 0.6) is 0 Å². The third kappa shape index (κ3) is 2.13. The van der Waals surface area contributed by atoms with Crippen molar-refractivity contribution in [2.75, 3.05) is 6.61 Å². The Morgan fingerprint density at radius 1 is 1.20 bits per heavy atom. The fourth-order valence-electron chi connectivity index (χ4n) is 1.44. The molecule has 0 amide bonds. The van der Waals surface area contributed by atoms with Crippen LogP contribution < -0.4 is 0 Å². The van der Waals surface area contributed by atoms with Crippen LogP contribution in [0, 0.1) is 0 Å². The number of epoxide rings is 1. The molecule has 2 atom stereocenters. The first-order valence-corrected chi connectivity index (χ1v) is 4.46. The Bertz CT molecular complexity index is 345. The van der Waals surface area contributed by atoms with Gasteiger partial charge in [-0.15, -0.1) is 0 Å². The molecule has 2 rings (SSSR count). The molecule has 1 aromatic carbocycles. The molecule has 1 unspecified atom stereocenters. The molecule has 0 aliphatic carbocycles. The Morgan fingerprint density at radius 3 is 2.20 bits per heavy atom. The number of benzene rings is 1. The topological polar surface area (TPSA) is 32.8 Å². The molecule has 1 fully saturated rings. The van der Waals surface area contributed by atoms with Crippen LogP contribution in [0.1, 0.15) is 17.2 Å². The minimum absolute atomic E-state index is 0.105. The Morgan fingerprint density at radius 2 is 1.80 bits per heavy atom. The lowest BCUT2D eigenvalue weighted by molar-refractivity contribution is -0.137. The van der Waals surface area contributed by atoms with Crippen LogP contribution in [0.4, 0.5) is 13.2 Å². The number of halogens is 3. The van der Waals surface area contributed by atoms with Gasteiger partial charge in [0.15, 0.2) is 0 Å². The van der Waals surface area contributed by atoms with Crippen LogP contribution in [0.2, 0.25) is 0 Å². The SMILES string of the molecule is OC[C@@H]1OC1c1ccc(C(F)(F)F)cc1. The lowest BCUT2D eigenvalue weighted by Crippen LogP contribution is -2.04. The fourth-order valence-corrected chi connectivity index (χ4v) is 1.44. The van der Waals surface area contributed by atoms with Gasteiger partial charge in [-0.25, -0.2) is 0 Å². The van der Waals surface area contributed by atoms with E-state index < -0.39 is 11.7 Å². The number of hydrogen-bond acceptors (Lipinski definition) is 2. The molecule has 0 bridgehead atoms. The van der Waals surface area contributed by atoms with Crippen LogP contribution in [-0.4, -0.2) is 17.8 Å². The van der Waals surface area contributed by atoms with Crippen molar-refractivity contribution in [1.82, 2.24) is 0 Å². The predicted octanol–water partition coefficient (Wildman–Crippen LogP) is 2.14. The molecule has 1 N–H and O–H groups in total. The summed E-state index contributed by atoms with van der Waals surface area (Å²) < 4.78 is 41.7. The van der Waals surface area contributed by atoms with Crippen molar-refractivity contribution in [1.29, 1.82) is 0 Å². The van der Waals surface area contributed by atoms with Gasteiger partial charge < -0.3 is 9.84 Å². The highest BCUT2D eigenvalue weighted by Gasteiger charge is 2.40. The second-order valence-electron chi connectivity index (χ2n) is 3.40. The third-order valence-electron chi connectivity index (χ3n) is 2.33. The smallest absolute Gasteiger partial charge is 0.394 e. The molecule has 0 spiro atoms. The van der Waals surface area contributed by atoms with E-state index in [2.05, 4.69) is 0 Å². The summed E-state index contributed by atoms with van der Waals surface area (Å²) in [6, 6.07) is 4.79. The lowest BCUT2D eigenvalue weighted by Gasteiger charge is -2.06. The highest BCUT2D eigenvalue weighted by Crippen LogP contribution is 2.39. The fraction of sp³-hybridized carbons (Fsp3) is 0.400. The van der Waals surface area contributed by atoms with Crippen molar-refractivity contribution in [3.63, 3.8) is 0 Å². The number of aliphatic hydroxyl groups is 1. The van der Waals surface area contributed by atoms with Crippen molar-refractivity contribution >= 4 is 0 Å². The molecule has 1 aromatic rings. The van der Waals surface area contributed by atoms with Gasteiger partial charge in [0.1, 0.15) is 12.2 Å². The second-order valence-corrected chi connectivity index (χ2v) is 3.40. The molecule has 0 aromatic heterocycles. The lowest BCUT2D eigenvalue weighted by atomic mass is 10.1. The number of ether oxygens (including phenoxy) is 1. The van der Waals surface area contributed by atoms with Crippen molar-refractivity contribution < 1.29 is 23.0 Å². The molecule has 1 heterocycles. The Hall–Kier alpha value is -1.07. The maximum absolute atomic E-state index is 12.2. The van der Waals surface area contributed by atoms with E-state index in [1.807, 2.05) is 0 Å². The molecular formula is C10H9F3O2. The van der Waals surface area contributed by atoms with Crippen molar-refractivity contribution in [3.8, 4) is 0 Å². The molecule has 5 heteroatoms. The standard InChI is InChI=1S/C10H9F3O2/c11-10(12,13)7-3-1-6(2-4-7)9-8(5-14)15-9/h1-4,8-9,14H,5H2/t8-,9?/m0/s1. The summed E-state index contributed by atoms with van der Waals surface area (Å²) in [6.45, 7) is -0.105. The van der Waals surface area contributed by atoms with E-state index in [1.165, 1.54) is 12.1 Å². The Labute approximate surface area is 84.3 Å². The van der Waals surface area contributed by atoms with E-state index in [-0.39, 0.29) is 18.8 Å². The van der Waals surface area contributed by atoms with E-state index in [0.717, 1.165) is 12.1 Å². The van der Waals surface area contributed by atoms with Gasteiger partial charge in [-0.05, 0) is 17.7 Å². The first-order valence-electron chi connectivity index (χ1n) is 4.46. The van der Waals surface area contributed by atoms with E-state index in [1.54, 1.807) is 0 Å². The normalized spacial score (nSPS) is 25.3. The summed E-state index contributed by atoms with van der Waals surface area (Å²) in [4.78, 5) is 0. The first-order chi connectivity index (χ1) is 7.02. The molecule has 1 aliphatic rings. The van der Waals surface area contributed by atoms with Gasteiger partial charge in [-0.1, -0.05) is 12.1 Å². The molecular weight excluding hydrogens is 209 g/mol. The zero-order valence-corrected chi connectivity index (χ0v) is 7.66. The monoisotopic (exact) mass is 218 g/mol. The average Bonchev–Trinajstić information content (AvgIpc) is 2.95. The van der Waals surface area contributed by atoms with Gasteiger partial charge in [-0.3, -0.25) is 0 Å². The summed E-state index contributed by atoms with van der Waals surface area (Å²) in [5, 5.41) is 8.72. The summed E-state index contributed by atoms with van der Waals surface area (Å²) in [5.74, 6) is 0. The van der Waals surface area contributed by atoms with Crippen LogP contribution in [0.15, 0.2) is 24.3 Å². The molecule has 82 valence electrons. The first kappa shape index (κ1) is 10.4. The van der Waals surface area contributed by atoms with E-state index in [0.29, 0.717) is 5.56 Å². The molecule has 15 heavy (non-hydrogen) atoms. The van der Waals surface area contributed by atoms with Gasteiger partial charge in [0.05, 0.1) is 12.2 Å². The Balaban J connectivity index is 2.12. The van der Waals surface area contributed by atoms with Crippen molar-refractivity contribution in [2.24, 2.45) is 0 Å². The minimum atomic E-state index is -4.31. The van der Waals surface area contributed by atoms with E-state index in [9.17, 15) is 13.2 Å². The van der Waals surface area contributed by atoms with Gasteiger partial charge in [-0.2, -0.15) is 13.2 Å². The summed E-state index contributed by atoms with van der Waals surface area (Å²) in [7, 11) is 0. The van der Waals surface area contributed by atoms with Crippen LogP contribution in [0.3, 0.4) is 0 Å². The molecule has 1 saturated heterocycles. The summed E-state index contributed by atoms with van der Waals surface area (Å²) in [5.41, 5.74) is -0.00509. The summed E-state index contributed by atoms with van der Waals surface area (Å²) >= 11 is 0. The van der Waals surface area contributed by atoms with Gasteiger partial charge in [0.2, 0.25) is 0 Å². The zero-order valence-electron chi connectivity index (χ0n) is 7.66. The largest absolute Gasteiger partial charge is 0.416 e. The molecule has 1 aliphatic heterocycles. The zero-order chi connectivity index (χ0) is 11.1. The maximum atomic E-state index is 12.2. The second kappa shape index (κ2) is 3.50. The Kier molecular flexibility index (Phi) is 2.44. The van der Waals surface area contributed by atoms with E-state index >= 15 is 0 Å². The number of aliphatic hydroxyl groups excluding tert-OH is 1.